The zero-order chi connectivity index (χ0) is 44.1. The summed E-state index contributed by atoms with van der Waals surface area (Å²) < 4.78 is 103. The van der Waals surface area contributed by atoms with Crippen LogP contribution in [0.3, 0.4) is 0 Å². The minimum atomic E-state index is -2.35. The van der Waals surface area contributed by atoms with Crippen molar-refractivity contribution in [1.29, 1.82) is 0 Å². The van der Waals surface area contributed by atoms with Gasteiger partial charge in [0.1, 0.15) is 17.6 Å². The molecule has 61 heavy (non-hydrogen) atoms. The Morgan fingerprint density at radius 3 is 1.90 bits per heavy atom. The standard InChI is InChI=1S/C31H40F5N3O8.C7H15NO5.H2S/c32-26-27(33)29(35)31(30(36)28(26)34)47-25(41)10-13-42-15-17-44-19-20-45-18-16-43-14-11-38-21-22(39-37)5-3-1-2-4-12-46-24-8-6-23(40)7-9-24;9-6-3-5(1-2-8(11)12)13-4-7(6)10;/h6-9,21,40H,1-5,10-20,37H2;5-7,9-12H,1-4H2;1H2/b38-21?,39-22-;;. The molecule has 3 atom stereocenters. The van der Waals surface area contributed by atoms with E-state index >= 15 is 0 Å². The van der Waals surface area contributed by atoms with E-state index in [-0.39, 0.29) is 70.2 Å². The molecule has 23 heteroatoms. The fourth-order valence-electron chi connectivity index (χ4n) is 5.00. The Labute approximate surface area is 357 Å². The maximum Gasteiger partial charge on any atom is 0.313 e. The zero-order valence-electron chi connectivity index (χ0n) is 33.6. The molecule has 1 aliphatic heterocycles. The fraction of sp³-hybridized carbons (Fsp3) is 0.605. The van der Waals surface area contributed by atoms with Crippen molar-refractivity contribution in [2.45, 2.75) is 69.7 Å². The molecule has 3 unspecified atom stereocenters. The number of hydrogen-bond donors (Lipinski definition) is 6. The smallest absolute Gasteiger partial charge is 0.313 e. The molecule has 1 aliphatic rings. The van der Waals surface area contributed by atoms with E-state index in [2.05, 4.69) is 14.8 Å². The molecule has 348 valence electrons. The van der Waals surface area contributed by atoms with Crippen LogP contribution in [-0.4, -0.2) is 146 Å². The van der Waals surface area contributed by atoms with Gasteiger partial charge in [-0.15, -0.1) is 0 Å². The summed E-state index contributed by atoms with van der Waals surface area (Å²) in [4.78, 5) is 15.9. The summed E-state index contributed by atoms with van der Waals surface area (Å²) in [5, 5.41) is 48.3. The Morgan fingerprint density at radius 1 is 0.770 bits per heavy atom. The largest absolute Gasteiger partial charge is 0.508 e. The number of hydrogen-bond acceptors (Lipinski definition) is 17. The highest BCUT2D eigenvalue weighted by molar-refractivity contribution is 7.59. The van der Waals surface area contributed by atoms with Gasteiger partial charge < -0.3 is 54.3 Å². The number of benzene rings is 2. The predicted molar refractivity (Wildman–Crippen MR) is 213 cm³/mol. The number of nitrogens with two attached hydrogens (primary N) is 1. The number of unbranched alkanes of at least 4 members (excludes halogenated alkanes) is 3. The van der Waals surface area contributed by atoms with Gasteiger partial charge in [-0.1, -0.05) is 18.1 Å². The van der Waals surface area contributed by atoms with Gasteiger partial charge in [0.15, 0.2) is 0 Å². The molecule has 17 nitrogen and oxygen atoms in total. The molecule has 0 amide bonds. The number of aliphatic imine (C=N–C) groups is 1. The molecule has 0 bridgehead atoms. The minimum absolute atomic E-state index is 0. The maximum atomic E-state index is 13.5. The van der Waals surface area contributed by atoms with Gasteiger partial charge in [0, 0.05) is 12.6 Å². The SMILES string of the molecule is N/N=C(\C=NCCOCCOCCOCCOCCC(=O)Oc1c(F)c(F)c(F)c(F)c1F)CCCCCCOc1ccc(O)cc1.OC1COC(CCN(O)O)CC1O.S. The van der Waals surface area contributed by atoms with E-state index in [1.807, 2.05) is 0 Å². The summed E-state index contributed by atoms with van der Waals surface area (Å²) in [6, 6.07) is 6.64. The Hall–Kier alpha value is -3.75. The normalized spacial score (nSPS) is 16.6. The van der Waals surface area contributed by atoms with Crippen LogP contribution in [0.4, 0.5) is 22.0 Å². The lowest BCUT2D eigenvalue weighted by molar-refractivity contribution is -0.309. The molecule has 3 rings (SSSR count). The van der Waals surface area contributed by atoms with Crippen LogP contribution in [0.15, 0.2) is 34.4 Å². The number of halogens is 5. The third kappa shape index (κ3) is 23.9. The van der Waals surface area contributed by atoms with Gasteiger partial charge in [-0.25, -0.2) is 13.2 Å². The average Bonchev–Trinajstić information content (AvgIpc) is 3.23. The van der Waals surface area contributed by atoms with Crippen molar-refractivity contribution in [3.63, 3.8) is 0 Å². The molecular formula is C38H57F5N4O13S. The summed E-state index contributed by atoms with van der Waals surface area (Å²) in [7, 11) is 0. The second-order valence-corrected chi connectivity index (χ2v) is 12.9. The summed E-state index contributed by atoms with van der Waals surface area (Å²) in [6.07, 6.45) is 4.69. The first-order chi connectivity index (χ1) is 28.8. The van der Waals surface area contributed by atoms with Gasteiger partial charge in [-0.2, -0.15) is 27.4 Å². The number of rotatable bonds is 28. The Kier molecular flexibility index (Phi) is 29.8. The average molecular weight is 905 g/mol. The predicted octanol–water partition coefficient (Wildman–Crippen LogP) is 3.95. The van der Waals surface area contributed by atoms with Crippen LogP contribution < -0.4 is 15.3 Å². The van der Waals surface area contributed by atoms with Crippen LogP contribution in [-0.2, 0) is 28.5 Å². The lowest BCUT2D eigenvalue weighted by atomic mass is 10.0. The first kappa shape index (κ1) is 55.3. The van der Waals surface area contributed by atoms with Gasteiger partial charge in [-0.05, 0) is 49.9 Å². The maximum absolute atomic E-state index is 13.5. The lowest BCUT2D eigenvalue weighted by Gasteiger charge is -2.30. The Morgan fingerprint density at radius 2 is 1.33 bits per heavy atom. The zero-order valence-corrected chi connectivity index (χ0v) is 34.6. The summed E-state index contributed by atoms with van der Waals surface area (Å²) in [5.41, 5.74) is 0.715. The van der Waals surface area contributed by atoms with Crippen molar-refractivity contribution < 1.29 is 85.6 Å². The summed E-state index contributed by atoms with van der Waals surface area (Å²) in [5.74, 6) is -7.75. The van der Waals surface area contributed by atoms with Gasteiger partial charge in [0.05, 0.1) is 103 Å². The molecule has 0 saturated carbocycles. The molecule has 2 aromatic rings. The quantitative estimate of drug-likeness (QED) is 0.00817. The Bertz CT molecular complexity index is 1540. The first-order valence-electron chi connectivity index (χ1n) is 19.2. The van der Waals surface area contributed by atoms with Crippen LogP contribution in [0.2, 0.25) is 0 Å². The lowest BCUT2D eigenvalue weighted by Crippen LogP contribution is -2.42. The fourth-order valence-corrected chi connectivity index (χ4v) is 5.00. The van der Waals surface area contributed by atoms with Gasteiger partial charge in [0.25, 0.3) is 0 Å². The van der Waals surface area contributed by atoms with Gasteiger partial charge in [0.2, 0.25) is 34.8 Å². The van der Waals surface area contributed by atoms with Crippen LogP contribution in [0.25, 0.3) is 0 Å². The number of hydrazone groups is 1. The second kappa shape index (κ2) is 32.9. The van der Waals surface area contributed by atoms with Crippen molar-refractivity contribution in [2.24, 2.45) is 15.9 Å². The monoisotopic (exact) mass is 904 g/mol. The van der Waals surface area contributed by atoms with Crippen molar-refractivity contribution in [3.05, 3.63) is 53.4 Å². The molecule has 1 heterocycles. The highest BCUT2D eigenvalue weighted by Crippen LogP contribution is 2.29. The van der Waals surface area contributed by atoms with Crippen LogP contribution >= 0.6 is 13.5 Å². The van der Waals surface area contributed by atoms with E-state index in [1.165, 1.54) is 0 Å². The number of aromatic hydroxyl groups is 1. The molecule has 1 saturated heterocycles. The minimum Gasteiger partial charge on any atom is -0.508 e. The number of hydroxylamine groups is 2. The highest BCUT2D eigenvalue weighted by atomic mass is 32.1. The number of nitrogens with zero attached hydrogens (tertiary/aromatic N) is 3. The van der Waals surface area contributed by atoms with Gasteiger partial charge in [-0.3, -0.25) is 20.2 Å². The Balaban J connectivity index is 0.00000113. The number of phenols is 1. The van der Waals surface area contributed by atoms with Crippen molar-refractivity contribution in [2.75, 3.05) is 79.2 Å². The van der Waals surface area contributed by atoms with Crippen molar-refractivity contribution >= 4 is 31.4 Å². The van der Waals surface area contributed by atoms with Crippen LogP contribution in [0.1, 0.15) is 51.4 Å². The number of carbonyl (C=O) groups is 1. The summed E-state index contributed by atoms with van der Waals surface area (Å²) >= 11 is 0. The topological polar surface area (TPSA) is 237 Å². The molecule has 2 aromatic carbocycles. The molecule has 0 spiro atoms. The van der Waals surface area contributed by atoms with E-state index in [0.29, 0.717) is 58.1 Å². The van der Waals surface area contributed by atoms with Crippen molar-refractivity contribution in [3.8, 4) is 17.2 Å². The number of esters is 1. The van der Waals surface area contributed by atoms with E-state index in [4.69, 9.17) is 49.8 Å². The number of ether oxygens (including phenoxy) is 7. The summed E-state index contributed by atoms with van der Waals surface area (Å²) in [6.45, 7) is 2.94. The number of aliphatic hydroxyl groups is 2. The number of aliphatic hydroxyl groups excluding tert-OH is 2. The number of carbonyl (C=O) groups excluding carboxylic acids is 1. The third-order valence-electron chi connectivity index (χ3n) is 8.26. The molecule has 7 N–H and O–H groups in total. The van der Waals surface area contributed by atoms with E-state index in [9.17, 15) is 37.0 Å². The van der Waals surface area contributed by atoms with Gasteiger partial charge >= 0.3 is 5.97 Å². The molecule has 0 aromatic heterocycles. The molecule has 0 aliphatic carbocycles. The molecular weight excluding hydrogens is 847 g/mol. The first-order valence-corrected chi connectivity index (χ1v) is 19.2. The number of phenolic OH excluding ortho intramolecular Hbond substituents is 1. The van der Waals surface area contributed by atoms with Crippen molar-refractivity contribution in [1.82, 2.24) is 5.23 Å². The van der Waals surface area contributed by atoms with E-state index in [1.54, 1.807) is 30.5 Å². The van der Waals surface area contributed by atoms with Crippen LogP contribution in [0.5, 0.6) is 17.2 Å². The second-order valence-electron chi connectivity index (χ2n) is 12.9. The van der Waals surface area contributed by atoms with E-state index in [0.717, 1.165) is 37.9 Å². The highest BCUT2D eigenvalue weighted by Gasteiger charge is 2.29. The van der Waals surface area contributed by atoms with Crippen LogP contribution in [0, 0.1) is 29.1 Å². The van der Waals surface area contributed by atoms with E-state index < -0.39 is 59.4 Å². The molecule has 1 fully saturated rings. The molecule has 0 radical (unpaired) electrons. The third-order valence-corrected chi connectivity index (χ3v) is 8.26.